The summed E-state index contributed by atoms with van der Waals surface area (Å²) in [6.07, 6.45) is 2.45. The first kappa shape index (κ1) is 23.8. The molecule has 3 aromatic rings. The Labute approximate surface area is 188 Å². The molecular formula is C18H25N6O4PS2. The molecule has 10 nitrogen and oxygen atoms in total. The fourth-order valence-corrected chi connectivity index (χ4v) is 5.31. The van der Waals surface area contributed by atoms with Gasteiger partial charge in [0.2, 0.25) is 0 Å². The second-order valence-corrected chi connectivity index (χ2v) is 11.0. The minimum Gasteiger partial charge on any atom is -0.394 e. The lowest BCUT2D eigenvalue weighted by Crippen LogP contribution is -2.26. The minimum absolute atomic E-state index is 0.0258. The van der Waals surface area contributed by atoms with Crippen LogP contribution >= 0.6 is 30.8 Å². The molecule has 0 aliphatic rings. The molecule has 0 amide bonds. The number of thioether (sulfide) groups is 1. The van der Waals surface area contributed by atoms with Crippen LogP contribution in [0.2, 0.25) is 0 Å². The van der Waals surface area contributed by atoms with E-state index in [0.29, 0.717) is 27.2 Å². The average molecular weight is 485 g/mol. The number of aromatic nitrogens is 4. The molecule has 0 aromatic carbocycles. The molecule has 0 radical (unpaired) electrons. The molecule has 3 aromatic heterocycles. The van der Waals surface area contributed by atoms with Crippen molar-refractivity contribution in [3.8, 4) is 0 Å². The highest BCUT2D eigenvalue weighted by Crippen LogP contribution is 2.41. The van der Waals surface area contributed by atoms with Crippen molar-refractivity contribution in [2.45, 2.75) is 43.6 Å². The number of aliphatic hydroxyl groups is 1. The van der Waals surface area contributed by atoms with Gasteiger partial charge in [0.25, 0.3) is 0 Å². The highest BCUT2D eigenvalue weighted by atomic mass is 32.2. The van der Waals surface area contributed by atoms with E-state index in [0.717, 1.165) is 23.5 Å². The summed E-state index contributed by atoms with van der Waals surface area (Å²) < 4.78 is 11.9. The van der Waals surface area contributed by atoms with Gasteiger partial charge < -0.3 is 20.2 Å². The molecule has 0 aliphatic heterocycles. The maximum absolute atomic E-state index is 11.3. The summed E-state index contributed by atoms with van der Waals surface area (Å²) in [6, 6.07) is 5.45. The van der Waals surface area contributed by atoms with Crippen LogP contribution < -0.4 is 10.4 Å². The summed E-state index contributed by atoms with van der Waals surface area (Å²) in [5, 5.41) is 15.6. The standard InChI is InChI=1S/C18H25N6O4PS2/c1-10(2)8-12(9-25)20-15-14-16(23-18(31-14)24-29(26,27)28)22-17(21-15)30-11(3)13-6-4-5-7-19-13/h4-7,10-12,25H,8-9H2,1-3H3,(H4,20,21,22,23,24,26,27,28)/t11?,12-/m1/s1. The second kappa shape index (κ2) is 10.2. The molecule has 0 fully saturated rings. The zero-order valence-electron chi connectivity index (χ0n) is 17.3. The molecule has 1 unspecified atom stereocenters. The number of hydrogen-bond acceptors (Lipinski definition) is 9. The largest absolute Gasteiger partial charge is 0.429 e. The molecule has 0 bridgehead atoms. The Hall–Kier alpha value is -1.82. The Morgan fingerprint density at radius 1 is 1.19 bits per heavy atom. The molecule has 3 rings (SSSR count). The SMILES string of the molecule is CC(C)C[C@H](CO)Nc1nc(SC(C)c2ccccn2)nc2nc(NP(=O)(O)O)sc12. The van der Waals surface area contributed by atoms with Crippen LogP contribution in [0.1, 0.15) is 38.1 Å². The topological polar surface area (TPSA) is 153 Å². The van der Waals surface area contributed by atoms with E-state index < -0.39 is 7.75 Å². The van der Waals surface area contributed by atoms with Gasteiger partial charge in [-0.05, 0) is 31.4 Å². The number of hydrogen-bond donors (Lipinski definition) is 5. The lowest BCUT2D eigenvalue weighted by Gasteiger charge is -2.19. The Kier molecular flexibility index (Phi) is 7.84. The van der Waals surface area contributed by atoms with Crippen LogP contribution in [0.3, 0.4) is 0 Å². The summed E-state index contributed by atoms with van der Waals surface area (Å²) >= 11 is 2.44. The van der Waals surface area contributed by atoms with Gasteiger partial charge in [0, 0.05) is 6.20 Å². The summed E-state index contributed by atoms with van der Waals surface area (Å²) in [5.41, 5.74) is 1.19. The smallest absolute Gasteiger partial charge is 0.394 e. The average Bonchev–Trinajstić information content (AvgIpc) is 3.08. The van der Waals surface area contributed by atoms with Crippen LogP contribution in [0.15, 0.2) is 29.6 Å². The van der Waals surface area contributed by atoms with E-state index in [4.69, 9.17) is 0 Å². The van der Waals surface area contributed by atoms with E-state index in [2.05, 4.69) is 44.2 Å². The quantitative estimate of drug-likeness (QED) is 0.163. The maximum Gasteiger partial charge on any atom is 0.429 e. The van der Waals surface area contributed by atoms with Crippen molar-refractivity contribution in [1.29, 1.82) is 0 Å². The summed E-state index contributed by atoms with van der Waals surface area (Å²) in [4.78, 5) is 36.1. The van der Waals surface area contributed by atoms with Crippen LogP contribution in [0.4, 0.5) is 10.9 Å². The summed E-state index contributed by atoms with van der Waals surface area (Å²) in [5.74, 6) is 0.824. The minimum atomic E-state index is -4.51. The fourth-order valence-electron chi connectivity index (χ4n) is 2.90. The van der Waals surface area contributed by atoms with Crippen molar-refractivity contribution in [3.63, 3.8) is 0 Å². The molecule has 0 spiro atoms. The Bertz CT molecular complexity index is 1060. The molecule has 168 valence electrons. The Morgan fingerprint density at radius 2 is 1.97 bits per heavy atom. The van der Waals surface area contributed by atoms with Gasteiger partial charge in [-0.1, -0.05) is 43.0 Å². The predicted octanol–water partition coefficient (Wildman–Crippen LogP) is 3.66. The Balaban J connectivity index is 1.97. The molecule has 0 aliphatic carbocycles. The lowest BCUT2D eigenvalue weighted by molar-refractivity contribution is 0.259. The number of pyridine rings is 1. The number of rotatable bonds is 10. The summed E-state index contributed by atoms with van der Waals surface area (Å²) in [7, 11) is -4.51. The number of thiazole rings is 1. The van der Waals surface area contributed by atoms with Gasteiger partial charge in [0.1, 0.15) is 4.70 Å². The van der Waals surface area contributed by atoms with E-state index in [9.17, 15) is 19.5 Å². The number of aliphatic hydroxyl groups excluding tert-OH is 1. The van der Waals surface area contributed by atoms with Gasteiger partial charge in [0.05, 0.1) is 23.6 Å². The van der Waals surface area contributed by atoms with Crippen molar-refractivity contribution in [3.05, 3.63) is 30.1 Å². The zero-order valence-corrected chi connectivity index (χ0v) is 19.8. The van der Waals surface area contributed by atoms with Crippen LogP contribution in [-0.2, 0) is 4.57 Å². The van der Waals surface area contributed by atoms with Gasteiger partial charge in [-0.3, -0.25) is 10.1 Å². The van der Waals surface area contributed by atoms with Gasteiger partial charge >= 0.3 is 7.75 Å². The third-order valence-corrected chi connectivity index (χ3v) is 6.79. The van der Waals surface area contributed by atoms with Crippen LogP contribution in [0.25, 0.3) is 10.3 Å². The van der Waals surface area contributed by atoms with Crippen molar-refractivity contribution >= 4 is 52.1 Å². The van der Waals surface area contributed by atoms with Crippen LogP contribution in [-0.4, -0.2) is 47.5 Å². The predicted molar refractivity (Wildman–Crippen MR) is 123 cm³/mol. The van der Waals surface area contributed by atoms with Crippen LogP contribution in [0.5, 0.6) is 0 Å². The molecule has 3 heterocycles. The highest BCUT2D eigenvalue weighted by Gasteiger charge is 2.22. The third kappa shape index (κ3) is 6.83. The van der Waals surface area contributed by atoms with E-state index >= 15 is 0 Å². The number of anilines is 2. The fraction of sp³-hybridized carbons (Fsp3) is 0.444. The Morgan fingerprint density at radius 3 is 2.58 bits per heavy atom. The van der Waals surface area contributed by atoms with Gasteiger partial charge in [-0.25, -0.2) is 14.5 Å². The van der Waals surface area contributed by atoms with Crippen LogP contribution in [0, 0.1) is 5.92 Å². The van der Waals surface area contributed by atoms with Crippen molar-refractivity contribution < 1.29 is 19.5 Å². The second-order valence-electron chi connectivity index (χ2n) is 7.35. The van der Waals surface area contributed by atoms with E-state index in [1.54, 1.807) is 6.20 Å². The zero-order chi connectivity index (χ0) is 22.6. The molecule has 0 saturated carbocycles. The van der Waals surface area contributed by atoms with E-state index in [1.807, 2.05) is 25.1 Å². The van der Waals surface area contributed by atoms with E-state index in [-0.39, 0.29) is 23.0 Å². The summed E-state index contributed by atoms with van der Waals surface area (Å²) in [6.45, 7) is 6.03. The molecule has 0 saturated heterocycles. The normalized spacial score (nSPS) is 14.0. The van der Waals surface area contributed by atoms with Gasteiger partial charge in [-0.15, -0.1) is 0 Å². The first-order valence-corrected chi connectivity index (χ1v) is 12.9. The molecule has 13 heteroatoms. The van der Waals surface area contributed by atoms with Crippen molar-refractivity contribution in [2.75, 3.05) is 17.0 Å². The number of nitrogens with one attached hydrogen (secondary N) is 2. The molecule has 5 N–H and O–H groups in total. The lowest BCUT2D eigenvalue weighted by atomic mass is 10.0. The first-order valence-electron chi connectivity index (χ1n) is 9.62. The molecular weight excluding hydrogens is 459 g/mol. The number of fused-ring (bicyclic) bond motifs is 1. The molecule has 31 heavy (non-hydrogen) atoms. The van der Waals surface area contributed by atoms with Gasteiger partial charge in [-0.2, -0.15) is 4.98 Å². The highest BCUT2D eigenvalue weighted by molar-refractivity contribution is 7.99. The first-order chi connectivity index (χ1) is 14.6. The third-order valence-electron chi connectivity index (χ3n) is 4.18. The van der Waals surface area contributed by atoms with Gasteiger partial charge in [0.15, 0.2) is 21.8 Å². The van der Waals surface area contributed by atoms with E-state index in [1.165, 1.54) is 11.8 Å². The monoisotopic (exact) mass is 484 g/mol. The maximum atomic E-state index is 11.3. The number of nitrogens with zero attached hydrogens (tertiary/aromatic N) is 4. The van der Waals surface area contributed by atoms with Crippen molar-refractivity contribution in [1.82, 2.24) is 19.9 Å². The van der Waals surface area contributed by atoms with Crippen molar-refractivity contribution in [2.24, 2.45) is 5.92 Å². The molecule has 2 atom stereocenters.